The molecule has 0 radical (unpaired) electrons. The van der Waals surface area contributed by atoms with Crippen molar-refractivity contribution in [2.45, 2.75) is 90.3 Å². The molecule has 1 aliphatic carbocycles. The Kier molecular flexibility index (Phi) is 8.25. The molecular formula is C24H34N4O4. The van der Waals surface area contributed by atoms with Gasteiger partial charge in [0.2, 0.25) is 17.7 Å². The van der Waals surface area contributed by atoms with E-state index in [1.165, 1.54) is 6.92 Å². The van der Waals surface area contributed by atoms with Crippen LogP contribution in [0.1, 0.15) is 83.0 Å². The lowest BCUT2D eigenvalue weighted by Crippen LogP contribution is -2.45. The lowest BCUT2D eigenvalue weighted by Gasteiger charge is -2.30. The van der Waals surface area contributed by atoms with E-state index in [1.807, 2.05) is 38.1 Å². The minimum Gasteiger partial charge on any atom is -0.491 e. The Hall–Kier alpha value is -2.90. The number of ether oxygens (including phenoxy) is 1. The van der Waals surface area contributed by atoms with Crippen molar-refractivity contribution < 1.29 is 18.8 Å². The van der Waals surface area contributed by atoms with Gasteiger partial charge in [-0.1, -0.05) is 49.0 Å². The highest BCUT2D eigenvalue weighted by Gasteiger charge is 2.38. The number of nitrogens with zero attached hydrogens (tertiary/aromatic N) is 2. The topological polar surface area (TPSA) is 106 Å². The second-order valence-corrected chi connectivity index (χ2v) is 8.74. The van der Waals surface area contributed by atoms with E-state index >= 15 is 0 Å². The standard InChI is InChI=1S/C24H34N4O4/c1-17(2)31-20-11-7-6-10-19(20)16-25-21(30)12-13-22-26-23(28-32-22)24(27-18(3)29)14-8-4-5-9-15-24/h6-7,10-11,17H,4-5,8-9,12-16H2,1-3H3,(H,25,30)(H,27,29). The molecule has 0 bridgehead atoms. The molecule has 0 saturated heterocycles. The van der Waals surface area contributed by atoms with Gasteiger partial charge in [0.1, 0.15) is 11.3 Å². The Balaban J connectivity index is 1.56. The molecule has 1 saturated carbocycles. The van der Waals surface area contributed by atoms with Gasteiger partial charge in [0.15, 0.2) is 5.82 Å². The molecule has 0 atom stereocenters. The molecule has 1 aromatic carbocycles. The first kappa shape index (κ1) is 23.8. The third kappa shape index (κ3) is 6.55. The summed E-state index contributed by atoms with van der Waals surface area (Å²) in [7, 11) is 0. The second kappa shape index (κ2) is 11.1. The van der Waals surface area contributed by atoms with Gasteiger partial charge in [-0.3, -0.25) is 9.59 Å². The maximum atomic E-state index is 12.4. The fourth-order valence-electron chi connectivity index (χ4n) is 4.15. The molecule has 3 rings (SSSR count). The van der Waals surface area contributed by atoms with E-state index in [1.54, 1.807) is 0 Å². The van der Waals surface area contributed by atoms with Gasteiger partial charge in [0.25, 0.3) is 0 Å². The lowest BCUT2D eigenvalue weighted by atomic mass is 9.89. The lowest BCUT2D eigenvalue weighted by molar-refractivity contribution is -0.122. The van der Waals surface area contributed by atoms with Crippen LogP contribution >= 0.6 is 0 Å². The van der Waals surface area contributed by atoms with Gasteiger partial charge in [0, 0.05) is 31.9 Å². The van der Waals surface area contributed by atoms with Crippen LogP contribution in [0.25, 0.3) is 0 Å². The first-order valence-corrected chi connectivity index (χ1v) is 11.5. The number of hydrogen-bond donors (Lipinski definition) is 2. The van der Waals surface area contributed by atoms with Crippen molar-refractivity contribution in [1.29, 1.82) is 0 Å². The van der Waals surface area contributed by atoms with Crippen molar-refractivity contribution in [2.24, 2.45) is 0 Å². The minimum atomic E-state index is -0.577. The molecule has 0 unspecified atom stereocenters. The molecule has 0 spiro atoms. The van der Waals surface area contributed by atoms with Gasteiger partial charge in [0.05, 0.1) is 6.10 Å². The summed E-state index contributed by atoms with van der Waals surface area (Å²) >= 11 is 0. The van der Waals surface area contributed by atoms with Gasteiger partial charge in [-0.25, -0.2) is 0 Å². The van der Waals surface area contributed by atoms with Crippen molar-refractivity contribution in [3.8, 4) is 5.75 Å². The zero-order valence-electron chi connectivity index (χ0n) is 19.3. The molecule has 8 heteroatoms. The van der Waals surface area contributed by atoms with Gasteiger partial charge < -0.3 is 19.9 Å². The highest BCUT2D eigenvalue weighted by atomic mass is 16.5. The molecule has 2 N–H and O–H groups in total. The number of hydrogen-bond acceptors (Lipinski definition) is 6. The van der Waals surface area contributed by atoms with Crippen LogP contribution in [0.4, 0.5) is 0 Å². The molecule has 2 amide bonds. The maximum Gasteiger partial charge on any atom is 0.227 e. The smallest absolute Gasteiger partial charge is 0.227 e. The number of aryl methyl sites for hydroxylation is 1. The molecule has 174 valence electrons. The summed E-state index contributed by atoms with van der Waals surface area (Å²) in [5.74, 6) is 1.50. The predicted octanol–water partition coefficient (Wildman–Crippen LogP) is 3.79. The Morgan fingerprint density at radius 2 is 1.88 bits per heavy atom. The largest absolute Gasteiger partial charge is 0.491 e. The van der Waals surface area contributed by atoms with Gasteiger partial charge in [-0.15, -0.1) is 0 Å². The number of amides is 2. The number of rotatable bonds is 9. The van der Waals surface area contributed by atoms with Crippen LogP contribution < -0.4 is 15.4 Å². The van der Waals surface area contributed by atoms with E-state index in [0.717, 1.165) is 49.8 Å². The SMILES string of the molecule is CC(=O)NC1(c2noc(CCC(=O)NCc3ccccc3OC(C)C)n2)CCCCCC1. The first-order chi connectivity index (χ1) is 15.4. The third-order valence-electron chi connectivity index (χ3n) is 5.65. The summed E-state index contributed by atoms with van der Waals surface area (Å²) in [4.78, 5) is 28.8. The summed E-state index contributed by atoms with van der Waals surface area (Å²) < 4.78 is 11.2. The Morgan fingerprint density at radius 1 is 1.16 bits per heavy atom. The Bertz CT molecular complexity index is 901. The number of benzene rings is 1. The fourth-order valence-corrected chi connectivity index (χ4v) is 4.15. The van der Waals surface area contributed by atoms with Crippen LogP contribution in [-0.4, -0.2) is 28.1 Å². The zero-order chi connectivity index (χ0) is 23.0. The Morgan fingerprint density at radius 3 is 2.56 bits per heavy atom. The van der Waals surface area contributed by atoms with E-state index in [-0.39, 0.29) is 24.3 Å². The number of carbonyl (C=O) groups excluding carboxylic acids is 2. The first-order valence-electron chi connectivity index (χ1n) is 11.5. The van der Waals surface area contributed by atoms with Crippen molar-refractivity contribution in [2.75, 3.05) is 0 Å². The normalized spacial score (nSPS) is 15.8. The third-order valence-corrected chi connectivity index (χ3v) is 5.65. The molecular weight excluding hydrogens is 408 g/mol. The van der Waals surface area contributed by atoms with E-state index in [0.29, 0.717) is 24.7 Å². The minimum absolute atomic E-state index is 0.0628. The van der Waals surface area contributed by atoms with Gasteiger partial charge >= 0.3 is 0 Å². The van der Waals surface area contributed by atoms with Crippen molar-refractivity contribution in [1.82, 2.24) is 20.8 Å². The summed E-state index contributed by atoms with van der Waals surface area (Å²) in [6.45, 7) is 5.85. The molecule has 32 heavy (non-hydrogen) atoms. The number of nitrogens with one attached hydrogen (secondary N) is 2. The molecule has 1 heterocycles. The second-order valence-electron chi connectivity index (χ2n) is 8.74. The van der Waals surface area contributed by atoms with Crippen LogP contribution in [0.5, 0.6) is 5.75 Å². The number of aromatic nitrogens is 2. The average Bonchev–Trinajstić information content (AvgIpc) is 3.11. The van der Waals surface area contributed by atoms with E-state index in [9.17, 15) is 9.59 Å². The van der Waals surface area contributed by atoms with E-state index in [2.05, 4.69) is 20.8 Å². The molecule has 0 aliphatic heterocycles. The fraction of sp³-hybridized carbons (Fsp3) is 0.583. The molecule has 1 aromatic heterocycles. The average molecular weight is 443 g/mol. The van der Waals surface area contributed by atoms with Crippen molar-refractivity contribution in [3.63, 3.8) is 0 Å². The van der Waals surface area contributed by atoms with Crippen LogP contribution in [0, 0.1) is 0 Å². The summed E-state index contributed by atoms with van der Waals surface area (Å²) in [5.41, 5.74) is 0.354. The van der Waals surface area contributed by atoms with Gasteiger partial charge in [-0.2, -0.15) is 4.98 Å². The summed E-state index contributed by atoms with van der Waals surface area (Å²) in [6.07, 6.45) is 6.53. The highest BCUT2D eigenvalue weighted by molar-refractivity contribution is 5.76. The Labute approximate surface area is 189 Å². The van der Waals surface area contributed by atoms with Crippen molar-refractivity contribution >= 4 is 11.8 Å². The van der Waals surface area contributed by atoms with Crippen LogP contribution in [-0.2, 0) is 28.1 Å². The van der Waals surface area contributed by atoms with E-state index < -0.39 is 5.54 Å². The van der Waals surface area contributed by atoms with Gasteiger partial charge in [-0.05, 0) is 32.8 Å². The summed E-state index contributed by atoms with van der Waals surface area (Å²) in [6, 6.07) is 7.68. The molecule has 1 aliphatic rings. The molecule has 2 aromatic rings. The monoisotopic (exact) mass is 442 g/mol. The zero-order valence-corrected chi connectivity index (χ0v) is 19.3. The van der Waals surface area contributed by atoms with Crippen molar-refractivity contribution in [3.05, 3.63) is 41.5 Å². The van der Waals surface area contributed by atoms with Crippen LogP contribution in [0.15, 0.2) is 28.8 Å². The number of carbonyl (C=O) groups is 2. The molecule has 8 nitrogen and oxygen atoms in total. The molecule has 1 fully saturated rings. The number of para-hydroxylation sites is 1. The maximum absolute atomic E-state index is 12.4. The van der Waals surface area contributed by atoms with Crippen LogP contribution in [0.3, 0.4) is 0 Å². The summed E-state index contributed by atoms with van der Waals surface area (Å²) in [5, 5.41) is 10.2. The quantitative estimate of drug-likeness (QED) is 0.572. The predicted molar refractivity (Wildman–Crippen MR) is 120 cm³/mol. The van der Waals surface area contributed by atoms with Crippen LogP contribution in [0.2, 0.25) is 0 Å². The van der Waals surface area contributed by atoms with E-state index in [4.69, 9.17) is 9.26 Å². The highest BCUT2D eigenvalue weighted by Crippen LogP contribution is 2.34.